The fourth-order valence-corrected chi connectivity index (χ4v) is 4.91. The van der Waals surface area contributed by atoms with Crippen LogP contribution in [0.1, 0.15) is 69.0 Å². The smallest absolute Gasteiger partial charge is 0.0434 e. The first-order chi connectivity index (χ1) is 10.1. The fourth-order valence-electron chi connectivity index (χ4n) is 3.09. The predicted octanol–water partition coefficient (Wildman–Crippen LogP) is 4.15. The van der Waals surface area contributed by atoms with Crippen molar-refractivity contribution in [1.29, 1.82) is 0 Å². The zero-order valence-corrected chi connectivity index (χ0v) is 14.4. The molecule has 0 bridgehead atoms. The summed E-state index contributed by atoms with van der Waals surface area (Å²) in [5.74, 6) is 1.30. The third kappa shape index (κ3) is 4.65. The molecular formula is C18H29NOS. The first-order valence-corrected chi connectivity index (χ1v) is 9.64. The molecule has 21 heavy (non-hydrogen) atoms. The Hall–Kier alpha value is -0.670. The molecule has 1 aliphatic rings. The van der Waals surface area contributed by atoms with Crippen molar-refractivity contribution >= 4 is 10.8 Å². The molecule has 0 aromatic heterocycles. The highest BCUT2D eigenvalue weighted by molar-refractivity contribution is 7.85. The summed E-state index contributed by atoms with van der Waals surface area (Å²) in [6, 6.07) is 8.99. The number of benzene rings is 1. The molecule has 1 N–H and O–H groups in total. The Balaban J connectivity index is 1.99. The van der Waals surface area contributed by atoms with Crippen LogP contribution in [-0.2, 0) is 10.8 Å². The van der Waals surface area contributed by atoms with Gasteiger partial charge in [0.15, 0.2) is 0 Å². The molecule has 118 valence electrons. The fraction of sp³-hybridized carbons (Fsp3) is 0.667. The lowest BCUT2D eigenvalue weighted by molar-refractivity contribution is 0.502. The van der Waals surface area contributed by atoms with E-state index >= 15 is 0 Å². The number of rotatable bonds is 6. The van der Waals surface area contributed by atoms with Gasteiger partial charge in [0.2, 0.25) is 0 Å². The highest BCUT2D eigenvalue weighted by atomic mass is 32.2. The molecule has 1 aliphatic carbocycles. The SMILES string of the molecule is CNC(CS(=O)C1CCCCC1)c1ccc(C(C)C)cc1. The van der Waals surface area contributed by atoms with E-state index in [9.17, 15) is 4.21 Å². The van der Waals surface area contributed by atoms with Gasteiger partial charge in [-0.05, 0) is 36.9 Å². The zero-order chi connectivity index (χ0) is 15.2. The van der Waals surface area contributed by atoms with Crippen molar-refractivity contribution in [2.24, 2.45) is 0 Å². The summed E-state index contributed by atoms with van der Waals surface area (Å²) < 4.78 is 12.6. The molecule has 0 amide bonds. The molecule has 2 unspecified atom stereocenters. The van der Waals surface area contributed by atoms with Crippen molar-refractivity contribution in [2.45, 2.75) is 63.2 Å². The number of hydrogen-bond acceptors (Lipinski definition) is 2. The molecule has 2 nitrogen and oxygen atoms in total. The second-order valence-electron chi connectivity index (χ2n) is 6.47. The first kappa shape index (κ1) is 16.7. The maximum atomic E-state index is 12.6. The molecule has 1 aromatic carbocycles. The van der Waals surface area contributed by atoms with Crippen LogP contribution in [0, 0.1) is 0 Å². The Kier molecular flexibility index (Phi) is 6.43. The van der Waals surface area contributed by atoms with Crippen molar-refractivity contribution in [2.75, 3.05) is 12.8 Å². The zero-order valence-electron chi connectivity index (χ0n) is 13.6. The summed E-state index contributed by atoms with van der Waals surface area (Å²) in [5, 5.41) is 3.76. The van der Waals surface area contributed by atoms with E-state index in [0.29, 0.717) is 11.2 Å². The lowest BCUT2D eigenvalue weighted by Gasteiger charge is -2.24. The summed E-state index contributed by atoms with van der Waals surface area (Å²) in [6.07, 6.45) is 6.12. The van der Waals surface area contributed by atoms with E-state index in [1.807, 2.05) is 7.05 Å². The molecule has 1 aromatic rings. The minimum absolute atomic E-state index is 0.203. The van der Waals surface area contributed by atoms with Gasteiger partial charge >= 0.3 is 0 Å². The van der Waals surface area contributed by atoms with E-state index in [4.69, 9.17) is 0 Å². The van der Waals surface area contributed by atoms with Gasteiger partial charge in [0, 0.05) is 27.8 Å². The largest absolute Gasteiger partial charge is 0.312 e. The summed E-state index contributed by atoms with van der Waals surface area (Å²) in [7, 11) is 1.26. The third-order valence-electron chi connectivity index (χ3n) is 4.61. The first-order valence-electron chi connectivity index (χ1n) is 8.26. The van der Waals surface area contributed by atoms with E-state index in [-0.39, 0.29) is 6.04 Å². The molecule has 1 saturated carbocycles. The van der Waals surface area contributed by atoms with Crippen LogP contribution >= 0.6 is 0 Å². The number of hydrogen-bond donors (Lipinski definition) is 1. The van der Waals surface area contributed by atoms with Gasteiger partial charge in [-0.1, -0.05) is 57.4 Å². The molecule has 0 spiro atoms. The molecule has 3 heteroatoms. The van der Waals surface area contributed by atoms with Crippen molar-refractivity contribution in [3.8, 4) is 0 Å². The summed E-state index contributed by atoms with van der Waals surface area (Å²) in [5.41, 5.74) is 2.62. The van der Waals surface area contributed by atoms with Gasteiger partial charge in [0.25, 0.3) is 0 Å². The lowest BCUT2D eigenvalue weighted by Crippen LogP contribution is -2.28. The van der Waals surface area contributed by atoms with E-state index < -0.39 is 10.8 Å². The molecule has 0 radical (unpaired) electrons. The highest BCUT2D eigenvalue weighted by Crippen LogP contribution is 2.25. The van der Waals surface area contributed by atoms with Crippen LogP contribution in [0.15, 0.2) is 24.3 Å². The molecule has 2 rings (SSSR count). The minimum Gasteiger partial charge on any atom is -0.312 e. The molecule has 2 atom stereocenters. The van der Waals surface area contributed by atoms with Crippen LogP contribution in [-0.4, -0.2) is 22.3 Å². The van der Waals surface area contributed by atoms with Crippen LogP contribution in [0.2, 0.25) is 0 Å². The van der Waals surface area contributed by atoms with Crippen LogP contribution in [0.4, 0.5) is 0 Å². The summed E-state index contributed by atoms with van der Waals surface area (Å²) in [6.45, 7) is 4.42. The third-order valence-corrected chi connectivity index (χ3v) is 6.49. The molecule has 0 saturated heterocycles. The summed E-state index contributed by atoms with van der Waals surface area (Å²) >= 11 is 0. The minimum atomic E-state index is -0.714. The van der Waals surface area contributed by atoms with E-state index in [1.54, 1.807) is 0 Å². The lowest BCUT2D eigenvalue weighted by atomic mass is 9.99. The van der Waals surface area contributed by atoms with Crippen molar-refractivity contribution in [3.05, 3.63) is 35.4 Å². The predicted molar refractivity (Wildman–Crippen MR) is 92.2 cm³/mol. The molecule has 1 fully saturated rings. The quantitative estimate of drug-likeness (QED) is 0.855. The normalized spacial score (nSPS) is 19.6. The van der Waals surface area contributed by atoms with Crippen LogP contribution in [0.5, 0.6) is 0 Å². The van der Waals surface area contributed by atoms with Crippen molar-refractivity contribution in [1.82, 2.24) is 5.32 Å². The van der Waals surface area contributed by atoms with Gasteiger partial charge in [-0.3, -0.25) is 4.21 Å². The van der Waals surface area contributed by atoms with Gasteiger partial charge in [0.1, 0.15) is 0 Å². The maximum Gasteiger partial charge on any atom is 0.0434 e. The summed E-state index contributed by atoms with van der Waals surface area (Å²) in [4.78, 5) is 0. The van der Waals surface area contributed by atoms with Gasteiger partial charge < -0.3 is 5.32 Å². The van der Waals surface area contributed by atoms with E-state index in [0.717, 1.165) is 18.6 Å². The second-order valence-corrected chi connectivity index (χ2v) is 8.23. The molecule has 0 aliphatic heterocycles. The Morgan fingerprint density at radius 2 is 1.67 bits per heavy atom. The molecular weight excluding hydrogens is 278 g/mol. The van der Waals surface area contributed by atoms with E-state index in [1.165, 1.54) is 30.4 Å². The van der Waals surface area contributed by atoms with Crippen molar-refractivity contribution < 1.29 is 4.21 Å². The standard InChI is InChI=1S/C18H29NOS/c1-14(2)15-9-11-16(12-10-15)18(19-3)13-21(20)17-7-5-4-6-8-17/h9-12,14,17-19H,4-8,13H2,1-3H3. The van der Waals surface area contributed by atoms with Crippen LogP contribution in [0.25, 0.3) is 0 Å². The second kappa shape index (κ2) is 8.09. The van der Waals surface area contributed by atoms with Crippen molar-refractivity contribution in [3.63, 3.8) is 0 Å². The van der Waals surface area contributed by atoms with Crippen LogP contribution < -0.4 is 5.32 Å². The average Bonchev–Trinajstić information content (AvgIpc) is 2.53. The highest BCUT2D eigenvalue weighted by Gasteiger charge is 2.22. The Morgan fingerprint density at radius 3 is 2.19 bits per heavy atom. The van der Waals surface area contributed by atoms with Gasteiger partial charge in [0.05, 0.1) is 0 Å². The van der Waals surface area contributed by atoms with Gasteiger partial charge in [-0.15, -0.1) is 0 Å². The average molecular weight is 308 g/mol. The number of nitrogens with one attached hydrogen (secondary N) is 1. The van der Waals surface area contributed by atoms with Gasteiger partial charge in [-0.25, -0.2) is 0 Å². The topological polar surface area (TPSA) is 29.1 Å². The Bertz CT molecular complexity index is 449. The van der Waals surface area contributed by atoms with Gasteiger partial charge in [-0.2, -0.15) is 0 Å². The van der Waals surface area contributed by atoms with E-state index in [2.05, 4.69) is 43.4 Å². The Morgan fingerprint density at radius 1 is 1.10 bits per heavy atom. The Labute approximate surface area is 132 Å². The maximum absolute atomic E-state index is 12.6. The van der Waals surface area contributed by atoms with Crippen LogP contribution in [0.3, 0.4) is 0 Å². The molecule has 0 heterocycles. The monoisotopic (exact) mass is 307 g/mol.